The van der Waals surface area contributed by atoms with Crippen molar-refractivity contribution in [1.29, 1.82) is 0 Å². The molecular formula is C15H19N3O2. The Morgan fingerprint density at radius 3 is 2.80 bits per heavy atom. The average Bonchev–Trinajstić information content (AvgIpc) is 2.51. The van der Waals surface area contributed by atoms with Crippen LogP contribution >= 0.6 is 0 Å². The van der Waals surface area contributed by atoms with Crippen molar-refractivity contribution in [2.45, 2.75) is 13.0 Å². The number of aryl methyl sites for hydroxylation is 1. The predicted molar refractivity (Wildman–Crippen MR) is 77.9 cm³/mol. The number of aromatic nitrogens is 2. The summed E-state index contributed by atoms with van der Waals surface area (Å²) in [6.45, 7) is 5.33. The van der Waals surface area contributed by atoms with E-state index in [0.29, 0.717) is 11.9 Å². The second-order valence-electron chi connectivity index (χ2n) is 5.07. The van der Waals surface area contributed by atoms with Gasteiger partial charge in [-0.05, 0) is 18.6 Å². The van der Waals surface area contributed by atoms with Gasteiger partial charge in [-0.1, -0.05) is 12.1 Å². The van der Waals surface area contributed by atoms with Crippen molar-refractivity contribution in [3.8, 4) is 0 Å². The van der Waals surface area contributed by atoms with Crippen LogP contribution in [0.15, 0.2) is 35.4 Å². The number of rotatable bonds is 4. The highest BCUT2D eigenvalue weighted by atomic mass is 16.5. The molecule has 0 atom stereocenters. The van der Waals surface area contributed by atoms with Gasteiger partial charge >= 0.3 is 0 Å². The quantitative estimate of drug-likeness (QED) is 0.837. The molecule has 2 heterocycles. The minimum atomic E-state index is 0.0533. The predicted octanol–water partition coefficient (Wildman–Crippen LogP) is 1.12. The molecule has 3 rings (SSSR count). The fraction of sp³-hybridized carbons (Fsp3) is 0.467. The number of hydrogen-bond donors (Lipinski definition) is 0. The zero-order valence-electron chi connectivity index (χ0n) is 11.5. The lowest BCUT2D eigenvalue weighted by Crippen LogP contribution is -2.37. The van der Waals surface area contributed by atoms with Crippen LogP contribution in [0, 0.1) is 0 Å². The van der Waals surface area contributed by atoms with E-state index in [4.69, 9.17) is 4.74 Å². The normalized spacial score (nSPS) is 16.6. The van der Waals surface area contributed by atoms with Gasteiger partial charge in [-0.2, -0.15) is 0 Å². The Hall–Kier alpha value is -1.72. The molecule has 0 bridgehead atoms. The molecule has 0 saturated carbocycles. The van der Waals surface area contributed by atoms with E-state index >= 15 is 0 Å². The summed E-state index contributed by atoms with van der Waals surface area (Å²) in [6, 6.07) is 7.49. The van der Waals surface area contributed by atoms with E-state index < -0.39 is 0 Å². The standard InChI is InChI=1S/C15H19N3O2/c19-15-13-4-1-2-5-14(13)16-12-18(15)7-3-6-17-8-10-20-11-9-17/h1-2,4-5,12H,3,6-11H2. The van der Waals surface area contributed by atoms with E-state index in [1.807, 2.05) is 24.3 Å². The molecule has 1 aliphatic rings. The molecule has 5 heteroatoms. The van der Waals surface area contributed by atoms with E-state index in [1.165, 1.54) is 0 Å². The summed E-state index contributed by atoms with van der Waals surface area (Å²) in [5.74, 6) is 0. The topological polar surface area (TPSA) is 47.4 Å². The first-order valence-corrected chi connectivity index (χ1v) is 7.09. The highest BCUT2D eigenvalue weighted by Crippen LogP contribution is 2.05. The first-order chi connectivity index (χ1) is 9.84. The van der Waals surface area contributed by atoms with Crippen LogP contribution in [0.2, 0.25) is 0 Å². The molecule has 0 amide bonds. The van der Waals surface area contributed by atoms with Crippen LogP contribution in [0.25, 0.3) is 10.9 Å². The van der Waals surface area contributed by atoms with Gasteiger partial charge in [0.25, 0.3) is 5.56 Å². The maximum absolute atomic E-state index is 12.3. The summed E-state index contributed by atoms with van der Waals surface area (Å²) in [6.07, 6.45) is 2.61. The van der Waals surface area contributed by atoms with Crippen molar-refractivity contribution >= 4 is 10.9 Å². The van der Waals surface area contributed by atoms with Gasteiger partial charge in [-0.25, -0.2) is 4.98 Å². The van der Waals surface area contributed by atoms with Crippen LogP contribution in [-0.4, -0.2) is 47.3 Å². The third-order valence-electron chi connectivity index (χ3n) is 3.71. The Morgan fingerprint density at radius 1 is 1.15 bits per heavy atom. The van der Waals surface area contributed by atoms with Gasteiger partial charge in [0.15, 0.2) is 0 Å². The molecule has 2 aromatic rings. The summed E-state index contributed by atoms with van der Waals surface area (Å²) in [5, 5.41) is 0.696. The van der Waals surface area contributed by atoms with E-state index in [1.54, 1.807) is 10.9 Å². The van der Waals surface area contributed by atoms with Crippen molar-refractivity contribution < 1.29 is 4.74 Å². The molecule has 106 valence electrons. The van der Waals surface area contributed by atoms with E-state index in [-0.39, 0.29) is 5.56 Å². The number of nitrogens with zero attached hydrogens (tertiary/aromatic N) is 3. The Labute approximate surface area is 117 Å². The van der Waals surface area contributed by atoms with E-state index in [2.05, 4.69) is 9.88 Å². The molecule has 20 heavy (non-hydrogen) atoms. The van der Waals surface area contributed by atoms with Crippen molar-refractivity contribution in [2.24, 2.45) is 0 Å². The maximum Gasteiger partial charge on any atom is 0.261 e. The molecular weight excluding hydrogens is 254 g/mol. The minimum Gasteiger partial charge on any atom is -0.379 e. The number of fused-ring (bicyclic) bond motifs is 1. The summed E-state index contributed by atoms with van der Waals surface area (Å²) in [5.41, 5.74) is 0.819. The lowest BCUT2D eigenvalue weighted by Gasteiger charge is -2.26. The van der Waals surface area contributed by atoms with Crippen LogP contribution in [0.4, 0.5) is 0 Å². The van der Waals surface area contributed by atoms with E-state index in [0.717, 1.165) is 44.8 Å². The number of hydrogen-bond acceptors (Lipinski definition) is 4. The highest BCUT2D eigenvalue weighted by molar-refractivity contribution is 5.76. The lowest BCUT2D eigenvalue weighted by atomic mass is 10.2. The molecule has 5 nitrogen and oxygen atoms in total. The van der Waals surface area contributed by atoms with Crippen molar-refractivity contribution in [3.05, 3.63) is 40.9 Å². The zero-order valence-corrected chi connectivity index (χ0v) is 11.5. The molecule has 1 fully saturated rings. The van der Waals surface area contributed by atoms with Gasteiger partial charge in [0.1, 0.15) is 0 Å². The van der Waals surface area contributed by atoms with Crippen molar-refractivity contribution in [2.75, 3.05) is 32.8 Å². The highest BCUT2D eigenvalue weighted by Gasteiger charge is 2.10. The molecule has 0 N–H and O–H groups in total. The molecule has 0 spiro atoms. The fourth-order valence-corrected chi connectivity index (χ4v) is 2.55. The average molecular weight is 273 g/mol. The van der Waals surface area contributed by atoms with Crippen LogP contribution < -0.4 is 5.56 Å². The molecule has 1 aromatic heterocycles. The van der Waals surface area contributed by atoms with Crippen LogP contribution in [0.5, 0.6) is 0 Å². The summed E-state index contributed by atoms with van der Waals surface area (Å²) < 4.78 is 7.04. The number of ether oxygens (including phenoxy) is 1. The third kappa shape index (κ3) is 2.89. The molecule has 0 unspecified atom stereocenters. The van der Waals surface area contributed by atoms with Gasteiger partial charge in [0.05, 0.1) is 30.4 Å². The van der Waals surface area contributed by atoms with E-state index in [9.17, 15) is 4.79 Å². The van der Waals surface area contributed by atoms with Crippen LogP contribution in [0.3, 0.4) is 0 Å². The van der Waals surface area contributed by atoms with Gasteiger partial charge < -0.3 is 4.74 Å². The summed E-state index contributed by atoms with van der Waals surface area (Å²) in [7, 11) is 0. The van der Waals surface area contributed by atoms with Crippen molar-refractivity contribution in [3.63, 3.8) is 0 Å². The van der Waals surface area contributed by atoms with Gasteiger partial charge in [-0.3, -0.25) is 14.3 Å². The second kappa shape index (κ2) is 6.15. The molecule has 0 radical (unpaired) electrons. The van der Waals surface area contributed by atoms with Crippen LogP contribution in [0.1, 0.15) is 6.42 Å². The van der Waals surface area contributed by atoms with Crippen LogP contribution in [-0.2, 0) is 11.3 Å². The number of para-hydroxylation sites is 1. The molecule has 0 aliphatic carbocycles. The molecule has 1 saturated heterocycles. The SMILES string of the molecule is O=c1c2ccccc2ncn1CCCN1CCOCC1. The molecule has 1 aliphatic heterocycles. The Balaban J connectivity index is 1.65. The summed E-state index contributed by atoms with van der Waals surface area (Å²) >= 11 is 0. The first kappa shape index (κ1) is 13.3. The zero-order chi connectivity index (χ0) is 13.8. The molecule has 1 aromatic carbocycles. The number of morpholine rings is 1. The first-order valence-electron chi connectivity index (χ1n) is 7.09. The van der Waals surface area contributed by atoms with Gasteiger partial charge in [0.2, 0.25) is 0 Å². The maximum atomic E-state index is 12.3. The van der Waals surface area contributed by atoms with Crippen molar-refractivity contribution in [1.82, 2.24) is 14.5 Å². The second-order valence-corrected chi connectivity index (χ2v) is 5.07. The Morgan fingerprint density at radius 2 is 1.95 bits per heavy atom. The van der Waals surface area contributed by atoms with Gasteiger partial charge in [-0.15, -0.1) is 0 Å². The third-order valence-corrected chi connectivity index (χ3v) is 3.71. The minimum absolute atomic E-state index is 0.0533. The Kier molecular flexibility index (Phi) is 4.08. The Bertz CT molecular complexity index is 632. The largest absolute Gasteiger partial charge is 0.379 e. The van der Waals surface area contributed by atoms with Gasteiger partial charge in [0, 0.05) is 26.2 Å². The fourth-order valence-electron chi connectivity index (χ4n) is 2.55. The number of benzene rings is 1. The smallest absolute Gasteiger partial charge is 0.261 e. The monoisotopic (exact) mass is 273 g/mol. The summed E-state index contributed by atoms with van der Waals surface area (Å²) in [4.78, 5) is 19.0. The lowest BCUT2D eigenvalue weighted by molar-refractivity contribution is 0.0369.